The Morgan fingerprint density at radius 2 is 1.81 bits per heavy atom. The molecule has 3 rings (SSSR count). The second kappa shape index (κ2) is 5.92. The second-order valence-electron chi connectivity index (χ2n) is 4.09. The molecule has 0 fully saturated rings. The van der Waals surface area contributed by atoms with E-state index in [1.165, 1.54) is 11.0 Å². The molecule has 21 heavy (non-hydrogen) atoms. The number of benzene rings is 1. The van der Waals surface area contributed by atoms with Crippen LogP contribution in [0.4, 0.5) is 0 Å². The zero-order valence-corrected chi connectivity index (χ0v) is 12.5. The number of aromatic nitrogens is 8. The molecule has 0 bridgehead atoms. The number of alkyl halides is 1. The summed E-state index contributed by atoms with van der Waals surface area (Å²) in [6.07, 6.45) is 1.48. The molecule has 2 heterocycles. The van der Waals surface area contributed by atoms with Crippen LogP contribution in [0.5, 0.6) is 0 Å². The van der Waals surface area contributed by atoms with E-state index in [1.54, 1.807) is 4.80 Å². The fourth-order valence-corrected chi connectivity index (χ4v) is 2.06. The lowest BCUT2D eigenvalue weighted by molar-refractivity contribution is 0.559. The average Bonchev–Trinajstić information content (AvgIpc) is 3.17. The van der Waals surface area contributed by atoms with Crippen molar-refractivity contribution in [2.75, 3.05) is 5.33 Å². The zero-order valence-electron chi connectivity index (χ0n) is 11.0. The maximum Gasteiger partial charge on any atom is 0.205 e. The first-order chi connectivity index (χ1) is 10.3. The van der Waals surface area contributed by atoms with Gasteiger partial charge in [-0.05, 0) is 16.5 Å². The third-order valence-electron chi connectivity index (χ3n) is 2.71. The Kier molecular flexibility index (Phi) is 3.82. The first kappa shape index (κ1) is 13.6. The van der Waals surface area contributed by atoms with Gasteiger partial charge in [-0.15, -0.1) is 25.2 Å². The number of aryl methyl sites for hydroxylation is 1. The van der Waals surface area contributed by atoms with E-state index in [9.17, 15) is 0 Å². The summed E-state index contributed by atoms with van der Waals surface area (Å²) in [7, 11) is 0. The van der Waals surface area contributed by atoms with E-state index in [0.29, 0.717) is 18.2 Å². The van der Waals surface area contributed by atoms with Gasteiger partial charge >= 0.3 is 0 Å². The van der Waals surface area contributed by atoms with Crippen molar-refractivity contribution in [3.8, 4) is 22.8 Å². The zero-order chi connectivity index (χ0) is 14.7. The van der Waals surface area contributed by atoms with Gasteiger partial charge in [-0.1, -0.05) is 40.7 Å². The number of rotatable bonds is 5. The van der Waals surface area contributed by atoms with E-state index < -0.39 is 0 Å². The predicted octanol–water partition coefficient (Wildman–Crippen LogP) is 1.49. The van der Waals surface area contributed by atoms with Crippen LogP contribution in [0.1, 0.15) is 0 Å². The molecule has 0 unspecified atom stereocenters. The topological polar surface area (TPSA) is 87.2 Å². The van der Waals surface area contributed by atoms with Gasteiger partial charge in [-0.2, -0.15) is 4.80 Å². The fraction of sp³-hybridized carbons (Fsp3) is 0.167. The number of halogens is 1. The first-order valence-corrected chi connectivity index (χ1v) is 7.29. The monoisotopic (exact) mass is 346 g/mol. The second-order valence-corrected chi connectivity index (χ2v) is 4.89. The Morgan fingerprint density at radius 1 is 1.10 bits per heavy atom. The maximum absolute atomic E-state index is 4.31. The summed E-state index contributed by atoms with van der Waals surface area (Å²) in [5.41, 5.74) is 1.68. The van der Waals surface area contributed by atoms with E-state index >= 15 is 0 Å². The summed E-state index contributed by atoms with van der Waals surface area (Å²) >= 11 is 3.34. The summed E-state index contributed by atoms with van der Waals surface area (Å²) < 4.78 is 0. The molecule has 106 valence electrons. The number of hydrogen-bond acceptors (Lipinski definition) is 6. The molecule has 0 amide bonds. The van der Waals surface area contributed by atoms with Crippen molar-refractivity contribution in [1.82, 2.24) is 40.4 Å². The molecule has 0 spiro atoms. The molecule has 9 heteroatoms. The van der Waals surface area contributed by atoms with Crippen molar-refractivity contribution >= 4 is 22.1 Å². The van der Waals surface area contributed by atoms with Crippen LogP contribution in [0.25, 0.3) is 29.0 Å². The number of hydrogen-bond donors (Lipinski definition) is 0. The third kappa shape index (κ3) is 2.87. The highest BCUT2D eigenvalue weighted by atomic mass is 79.9. The van der Waals surface area contributed by atoms with Crippen LogP contribution < -0.4 is 0 Å². The molecular weight excluding hydrogens is 336 g/mol. The fourth-order valence-electron chi connectivity index (χ4n) is 1.74. The molecular formula is C12H11BrN8. The molecule has 8 nitrogen and oxygen atoms in total. The molecule has 0 saturated heterocycles. The Labute approximate surface area is 128 Å². The molecule has 3 aromatic rings. The van der Waals surface area contributed by atoms with Crippen molar-refractivity contribution in [3.63, 3.8) is 0 Å². The molecule has 0 saturated carbocycles. The van der Waals surface area contributed by atoms with Crippen molar-refractivity contribution in [2.45, 2.75) is 6.54 Å². The molecule has 0 atom stereocenters. The maximum atomic E-state index is 4.31. The Balaban J connectivity index is 1.93. The van der Waals surface area contributed by atoms with Crippen LogP contribution in [-0.2, 0) is 6.54 Å². The summed E-state index contributed by atoms with van der Waals surface area (Å²) in [6.45, 7) is 4.25. The van der Waals surface area contributed by atoms with Gasteiger partial charge in [0.25, 0.3) is 0 Å². The summed E-state index contributed by atoms with van der Waals surface area (Å²) in [5.74, 6) is 1.08. The van der Waals surface area contributed by atoms with Gasteiger partial charge in [0, 0.05) is 22.7 Å². The SMILES string of the molecule is C=Cn1nnc(-c2cccc(-c3nnn(CCBr)n3)c2)n1. The van der Waals surface area contributed by atoms with Gasteiger partial charge in [-0.3, -0.25) is 0 Å². The summed E-state index contributed by atoms with van der Waals surface area (Å²) in [6, 6.07) is 7.61. The highest BCUT2D eigenvalue weighted by Crippen LogP contribution is 2.21. The Bertz CT molecular complexity index is 762. The number of tetrazole rings is 2. The third-order valence-corrected chi connectivity index (χ3v) is 3.06. The van der Waals surface area contributed by atoms with Crippen molar-refractivity contribution in [1.29, 1.82) is 0 Å². The average molecular weight is 347 g/mol. The highest BCUT2D eigenvalue weighted by molar-refractivity contribution is 9.09. The van der Waals surface area contributed by atoms with Crippen LogP contribution >= 0.6 is 15.9 Å². The molecule has 0 aliphatic carbocycles. The van der Waals surface area contributed by atoms with E-state index in [-0.39, 0.29) is 0 Å². The minimum absolute atomic E-state index is 0.518. The largest absolute Gasteiger partial charge is 0.205 e. The van der Waals surface area contributed by atoms with Crippen molar-refractivity contribution in [3.05, 3.63) is 30.8 Å². The summed E-state index contributed by atoms with van der Waals surface area (Å²) in [4.78, 5) is 2.86. The Hall–Kier alpha value is -2.42. The minimum atomic E-state index is 0.518. The molecule has 0 aliphatic rings. The van der Waals surface area contributed by atoms with Crippen LogP contribution in [0.15, 0.2) is 30.8 Å². The quantitative estimate of drug-likeness (QED) is 0.650. The minimum Gasteiger partial charge on any atom is -0.163 e. The lowest BCUT2D eigenvalue weighted by Crippen LogP contribution is -2.03. The van der Waals surface area contributed by atoms with Crippen LogP contribution in [0, 0.1) is 0 Å². The van der Waals surface area contributed by atoms with Gasteiger partial charge in [0.2, 0.25) is 11.6 Å². The molecule has 2 aromatic heterocycles. The lowest BCUT2D eigenvalue weighted by atomic mass is 10.1. The molecule has 0 radical (unpaired) electrons. The smallest absolute Gasteiger partial charge is 0.163 e. The van der Waals surface area contributed by atoms with Gasteiger partial charge in [-0.25, -0.2) is 0 Å². The van der Waals surface area contributed by atoms with Crippen molar-refractivity contribution in [2.24, 2.45) is 0 Å². The Morgan fingerprint density at radius 3 is 2.48 bits per heavy atom. The standard InChI is InChI=1S/C12H11BrN8/c1-2-20-16-11(14-18-20)9-4-3-5-10(8-9)12-15-19-21(17-12)7-6-13/h2-5,8H,1,6-7H2. The highest BCUT2D eigenvalue weighted by Gasteiger charge is 2.10. The summed E-state index contributed by atoms with van der Waals surface area (Å²) in [5, 5.41) is 25.1. The van der Waals surface area contributed by atoms with Crippen LogP contribution in [0.2, 0.25) is 0 Å². The van der Waals surface area contributed by atoms with E-state index in [4.69, 9.17) is 0 Å². The van der Waals surface area contributed by atoms with Gasteiger partial charge in [0.1, 0.15) is 0 Å². The van der Waals surface area contributed by atoms with E-state index in [0.717, 1.165) is 16.5 Å². The van der Waals surface area contributed by atoms with E-state index in [1.807, 2.05) is 24.3 Å². The first-order valence-electron chi connectivity index (χ1n) is 6.17. The van der Waals surface area contributed by atoms with Crippen LogP contribution in [0.3, 0.4) is 0 Å². The molecule has 0 N–H and O–H groups in total. The molecule has 1 aromatic carbocycles. The van der Waals surface area contributed by atoms with Gasteiger partial charge in [0.15, 0.2) is 0 Å². The van der Waals surface area contributed by atoms with E-state index in [2.05, 4.69) is 53.3 Å². The van der Waals surface area contributed by atoms with Crippen LogP contribution in [-0.4, -0.2) is 45.7 Å². The van der Waals surface area contributed by atoms with Gasteiger partial charge < -0.3 is 0 Å². The lowest BCUT2D eigenvalue weighted by Gasteiger charge is -1.98. The normalized spacial score (nSPS) is 10.7. The van der Waals surface area contributed by atoms with Crippen molar-refractivity contribution < 1.29 is 0 Å². The molecule has 0 aliphatic heterocycles. The predicted molar refractivity (Wildman–Crippen MR) is 80.2 cm³/mol. The van der Waals surface area contributed by atoms with Gasteiger partial charge in [0.05, 0.1) is 6.54 Å². The number of nitrogens with zero attached hydrogens (tertiary/aromatic N) is 8.